The van der Waals surface area contributed by atoms with Crippen molar-refractivity contribution in [2.24, 2.45) is 0 Å². The van der Waals surface area contributed by atoms with Crippen LogP contribution in [0.2, 0.25) is 0 Å². The Kier molecular flexibility index (Phi) is 6.23. The molecule has 2 N–H and O–H groups in total. The van der Waals surface area contributed by atoms with E-state index in [9.17, 15) is 24.5 Å². The zero-order valence-corrected chi connectivity index (χ0v) is 16.5. The number of aryl methyl sites for hydroxylation is 1. The number of ether oxygens (including phenoxy) is 1. The lowest BCUT2D eigenvalue weighted by Crippen LogP contribution is -2.22. The first-order chi connectivity index (χ1) is 13.8. The number of hydrogen-bond donors (Lipinski definition) is 2. The van der Waals surface area contributed by atoms with Crippen LogP contribution in [0.4, 0.5) is 16.4 Å². The molecular formula is C19H19N3O6S. The van der Waals surface area contributed by atoms with E-state index in [0.717, 1.165) is 36.1 Å². The number of nitro benzene ring substituents is 1. The monoisotopic (exact) mass is 417 g/mol. The standard InChI is InChI=1S/C19H19N3O6S/c1-11(23)20-18-17(14-4-2-3-5-15(14)29-18)19(25)28-10-16(24)21-12-6-8-13(9-7-12)22(26)27/h6-9H,2-5,10H2,1H3,(H,20,23)(H,21,24). The molecule has 0 saturated carbocycles. The van der Waals surface area contributed by atoms with Crippen molar-refractivity contribution in [3.63, 3.8) is 0 Å². The maximum absolute atomic E-state index is 12.6. The summed E-state index contributed by atoms with van der Waals surface area (Å²) in [5.41, 5.74) is 1.46. The van der Waals surface area contributed by atoms with Crippen LogP contribution < -0.4 is 10.6 Å². The topological polar surface area (TPSA) is 128 Å². The number of carbonyl (C=O) groups is 3. The van der Waals surface area contributed by atoms with Gasteiger partial charge in [0.25, 0.3) is 11.6 Å². The number of amides is 2. The lowest BCUT2D eigenvalue weighted by atomic mass is 9.95. The Morgan fingerprint density at radius 1 is 1.14 bits per heavy atom. The number of nitro groups is 1. The molecule has 1 aliphatic rings. The number of benzene rings is 1. The minimum Gasteiger partial charge on any atom is -0.452 e. The van der Waals surface area contributed by atoms with Crippen LogP contribution in [0.5, 0.6) is 0 Å². The molecular weight excluding hydrogens is 398 g/mol. The largest absolute Gasteiger partial charge is 0.452 e. The Morgan fingerprint density at radius 2 is 1.83 bits per heavy atom. The predicted octanol–water partition coefficient (Wildman–Crippen LogP) is 3.29. The number of hydrogen-bond acceptors (Lipinski definition) is 7. The molecule has 152 valence electrons. The summed E-state index contributed by atoms with van der Waals surface area (Å²) in [4.78, 5) is 47.3. The van der Waals surface area contributed by atoms with Crippen LogP contribution in [0.1, 0.15) is 40.6 Å². The van der Waals surface area contributed by atoms with Gasteiger partial charge < -0.3 is 15.4 Å². The van der Waals surface area contributed by atoms with E-state index in [0.29, 0.717) is 16.3 Å². The minimum atomic E-state index is -0.660. The summed E-state index contributed by atoms with van der Waals surface area (Å²) in [5, 5.41) is 16.3. The molecule has 0 aliphatic heterocycles. The predicted molar refractivity (Wildman–Crippen MR) is 107 cm³/mol. The fraction of sp³-hybridized carbons (Fsp3) is 0.316. The van der Waals surface area contributed by atoms with Gasteiger partial charge in [-0.3, -0.25) is 19.7 Å². The van der Waals surface area contributed by atoms with Crippen molar-refractivity contribution in [3.05, 3.63) is 50.4 Å². The van der Waals surface area contributed by atoms with E-state index in [1.54, 1.807) is 0 Å². The minimum absolute atomic E-state index is 0.0952. The molecule has 9 nitrogen and oxygen atoms in total. The smallest absolute Gasteiger partial charge is 0.341 e. The van der Waals surface area contributed by atoms with E-state index in [-0.39, 0.29) is 11.6 Å². The quantitative estimate of drug-likeness (QED) is 0.422. The number of carbonyl (C=O) groups excluding carboxylic acids is 3. The SMILES string of the molecule is CC(=O)Nc1sc2c(c1C(=O)OCC(=O)Nc1ccc([N+](=O)[O-])cc1)CCCC2. The highest BCUT2D eigenvalue weighted by Gasteiger charge is 2.27. The number of anilines is 2. The average Bonchev–Trinajstić information content (AvgIpc) is 3.03. The van der Waals surface area contributed by atoms with E-state index in [2.05, 4.69) is 10.6 Å². The Balaban J connectivity index is 1.65. The highest BCUT2D eigenvalue weighted by atomic mass is 32.1. The van der Waals surface area contributed by atoms with Gasteiger partial charge in [-0.2, -0.15) is 0 Å². The molecule has 29 heavy (non-hydrogen) atoms. The molecule has 2 aromatic rings. The van der Waals surface area contributed by atoms with Crippen molar-refractivity contribution < 1.29 is 24.0 Å². The maximum Gasteiger partial charge on any atom is 0.341 e. The normalized spacial score (nSPS) is 12.6. The summed E-state index contributed by atoms with van der Waals surface area (Å²) in [5.74, 6) is -1.52. The number of fused-ring (bicyclic) bond motifs is 1. The van der Waals surface area contributed by atoms with Gasteiger partial charge in [0.05, 0.1) is 10.5 Å². The first-order valence-electron chi connectivity index (χ1n) is 8.98. The summed E-state index contributed by atoms with van der Waals surface area (Å²) >= 11 is 1.37. The Labute approximate surface area is 170 Å². The molecule has 0 radical (unpaired) electrons. The molecule has 2 amide bonds. The number of esters is 1. The molecule has 1 heterocycles. The van der Waals surface area contributed by atoms with E-state index in [1.807, 2.05) is 0 Å². The molecule has 3 rings (SSSR count). The van der Waals surface area contributed by atoms with Crippen molar-refractivity contribution >= 4 is 45.5 Å². The fourth-order valence-electron chi connectivity index (χ4n) is 3.10. The van der Waals surface area contributed by atoms with Gasteiger partial charge in [0.15, 0.2) is 6.61 Å². The van der Waals surface area contributed by atoms with Gasteiger partial charge >= 0.3 is 5.97 Å². The van der Waals surface area contributed by atoms with Gasteiger partial charge in [0.1, 0.15) is 5.00 Å². The molecule has 0 bridgehead atoms. The number of thiophene rings is 1. The number of rotatable bonds is 6. The Bertz CT molecular complexity index is 967. The lowest BCUT2D eigenvalue weighted by Gasteiger charge is -2.12. The molecule has 10 heteroatoms. The van der Waals surface area contributed by atoms with Crippen molar-refractivity contribution in [2.75, 3.05) is 17.2 Å². The third kappa shape index (κ3) is 4.96. The first kappa shape index (κ1) is 20.5. The second-order valence-corrected chi connectivity index (χ2v) is 7.63. The van der Waals surface area contributed by atoms with Gasteiger partial charge in [-0.05, 0) is 43.4 Å². The van der Waals surface area contributed by atoms with E-state index in [4.69, 9.17) is 4.74 Å². The van der Waals surface area contributed by atoms with Crippen LogP contribution in [0, 0.1) is 10.1 Å². The lowest BCUT2D eigenvalue weighted by molar-refractivity contribution is -0.384. The average molecular weight is 417 g/mol. The molecule has 0 saturated heterocycles. The van der Waals surface area contributed by atoms with Crippen LogP contribution in [-0.4, -0.2) is 29.3 Å². The molecule has 0 unspecified atom stereocenters. The van der Waals surface area contributed by atoms with Crippen molar-refractivity contribution in [1.29, 1.82) is 0 Å². The number of nitrogens with one attached hydrogen (secondary N) is 2. The summed E-state index contributed by atoms with van der Waals surface area (Å²) in [7, 11) is 0. The zero-order valence-electron chi connectivity index (χ0n) is 15.6. The number of nitrogens with zero attached hydrogens (tertiary/aromatic N) is 1. The number of non-ortho nitro benzene ring substituents is 1. The third-order valence-corrected chi connectivity index (χ3v) is 5.57. The third-order valence-electron chi connectivity index (χ3n) is 4.36. The summed E-state index contributed by atoms with van der Waals surface area (Å²) in [6.07, 6.45) is 3.55. The molecule has 1 aromatic carbocycles. The zero-order chi connectivity index (χ0) is 21.0. The van der Waals surface area contributed by atoms with Gasteiger partial charge in [-0.15, -0.1) is 11.3 Å². The van der Waals surface area contributed by atoms with Crippen LogP contribution in [0.25, 0.3) is 0 Å². The molecule has 1 aliphatic carbocycles. The van der Waals surface area contributed by atoms with Crippen molar-refractivity contribution in [1.82, 2.24) is 0 Å². The van der Waals surface area contributed by atoms with Gasteiger partial charge in [0.2, 0.25) is 5.91 Å². The fourth-order valence-corrected chi connectivity index (χ4v) is 4.42. The summed E-state index contributed by atoms with van der Waals surface area (Å²) < 4.78 is 5.17. The van der Waals surface area contributed by atoms with Crippen LogP contribution >= 0.6 is 11.3 Å². The maximum atomic E-state index is 12.6. The van der Waals surface area contributed by atoms with Gasteiger partial charge in [-0.25, -0.2) is 4.79 Å². The molecule has 0 atom stereocenters. The van der Waals surface area contributed by atoms with Gasteiger partial charge in [-0.1, -0.05) is 0 Å². The molecule has 0 spiro atoms. The Morgan fingerprint density at radius 3 is 2.48 bits per heavy atom. The second kappa shape index (κ2) is 8.82. The Hall–Kier alpha value is -3.27. The van der Waals surface area contributed by atoms with Crippen molar-refractivity contribution in [2.45, 2.75) is 32.6 Å². The highest BCUT2D eigenvalue weighted by molar-refractivity contribution is 7.17. The summed E-state index contributed by atoms with van der Waals surface area (Å²) in [6.45, 7) is 0.853. The highest BCUT2D eigenvalue weighted by Crippen LogP contribution is 2.38. The molecule has 1 aromatic heterocycles. The van der Waals surface area contributed by atoms with E-state index >= 15 is 0 Å². The first-order valence-corrected chi connectivity index (χ1v) is 9.80. The van der Waals surface area contributed by atoms with Crippen molar-refractivity contribution in [3.8, 4) is 0 Å². The van der Waals surface area contributed by atoms with E-state index in [1.165, 1.54) is 42.5 Å². The second-order valence-electron chi connectivity index (χ2n) is 6.52. The van der Waals surface area contributed by atoms with E-state index < -0.39 is 23.4 Å². The van der Waals surface area contributed by atoms with Crippen LogP contribution in [-0.2, 0) is 27.2 Å². The van der Waals surface area contributed by atoms with Crippen LogP contribution in [0.3, 0.4) is 0 Å². The van der Waals surface area contributed by atoms with Gasteiger partial charge in [0, 0.05) is 29.6 Å². The molecule has 0 fully saturated rings. The summed E-state index contributed by atoms with van der Waals surface area (Å²) in [6, 6.07) is 5.31. The van der Waals surface area contributed by atoms with Crippen LogP contribution in [0.15, 0.2) is 24.3 Å².